The zero-order chi connectivity index (χ0) is 19.1. The van der Waals surface area contributed by atoms with E-state index in [1.807, 2.05) is 19.1 Å². The second kappa shape index (κ2) is 6.83. The minimum Gasteiger partial charge on any atom is -0.494 e. The first kappa shape index (κ1) is 17.1. The SMILES string of the molecule is CCOc1ccc([C@H]2Nc3ccc4ccccc4c3C3=C2C(=O)CCC3)cc1. The molecule has 1 aliphatic heterocycles. The Morgan fingerprint density at radius 1 is 1.00 bits per heavy atom. The molecule has 140 valence electrons. The number of fused-ring (bicyclic) bond motifs is 4. The van der Waals surface area contributed by atoms with Crippen molar-refractivity contribution in [2.45, 2.75) is 32.2 Å². The second-order valence-electron chi connectivity index (χ2n) is 7.46. The van der Waals surface area contributed by atoms with Gasteiger partial charge in [-0.25, -0.2) is 0 Å². The summed E-state index contributed by atoms with van der Waals surface area (Å²) in [5.41, 5.74) is 5.60. The molecule has 1 aliphatic carbocycles. The number of hydrogen-bond donors (Lipinski definition) is 1. The van der Waals surface area contributed by atoms with Crippen molar-refractivity contribution in [3.05, 3.63) is 77.4 Å². The van der Waals surface area contributed by atoms with Crippen molar-refractivity contribution in [2.75, 3.05) is 11.9 Å². The van der Waals surface area contributed by atoms with Crippen LogP contribution in [0.2, 0.25) is 0 Å². The van der Waals surface area contributed by atoms with Crippen molar-refractivity contribution in [1.29, 1.82) is 0 Å². The number of ketones is 1. The highest BCUT2D eigenvalue weighted by atomic mass is 16.5. The van der Waals surface area contributed by atoms with Crippen LogP contribution in [-0.2, 0) is 4.79 Å². The van der Waals surface area contributed by atoms with Gasteiger partial charge in [0.15, 0.2) is 5.78 Å². The van der Waals surface area contributed by atoms with E-state index in [0.717, 1.165) is 35.4 Å². The molecule has 0 amide bonds. The van der Waals surface area contributed by atoms with Gasteiger partial charge in [0.2, 0.25) is 0 Å². The number of anilines is 1. The lowest BCUT2D eigenvalue weighted by atomic mass is 9.77. The Bertz CT molecular complexity index is 1100. The van der Waals surface area contributed by atoms with Gasteiger partial charge in [0, 0.05) is 23.2 Å². The van der Waals surface area contributed by atoms with Gasteiger partial charge in [-0.1, -0.05) is 42.5 Å². The summed E-state index contributed by atoms with van der Waals surface area (Å²) >= 11 is 0. The maximum atomic E-state index is 13.0. The number of hydrogen-bond acceptors (Lipinski definition) is 3. The number of ether oxygens (including phenoxy) is 1. The summed E-state index contributed by atoms with van der Waals surface area (Å²) in [5.74, 6) is 1.13. The molecule has 1 N–H and O–H groups in total. The molecule has 0 radical (unpaired) electrons. The summed E-state index contributed by atoms with van der Waals surface area (Å²) in [6.07, 6.45) is 2.52. The fourth-order valence-corrected chi connectivity index (χ4v) is 4.58. The molecule has 0 fully saturated rings. The molecule has 3 nitrogen and oxygen atoms in total. The van der Waals surface area contributed by atoms with Gasteiger partial charge < -0.3 is 10.1 Å². The molecule has 1 atom stereocenters. The molecule has 1 heterocycles. The van der Waals surface area contributed by atoms with Crippen LogP contribution >= 0.6 is 0 Å². The zero-order valence-electron chi connectivity index (χ0n) is 16.0. The molecular weight excluding hydrogens is 346 g/mol. The molecule has 0 bridgehead atoms. The summed E-state index contributed by atoms with van der Waals surface area (Å²) in [7, 11) is 0. The van der Waals surface area contributed by atoms with Gasteiger partial charge in [-0.2, -0.15) is 0 Å². The normalized spacial score (nSPS) is 18.5. The standard InChI is InChI=1S/C25H23NO2/c1-2-28-18-13-10-17(11-14-18)25-24-20(8-5-9-22(24)27)23-19-7-4-3-6-16(19)12-15-21(23)26-25/h3-4,6-7,10-15,25-26H,2,5,8-9H2,1H3/t25-/m1/s1. The number of Topliss-reactive ketones (excluding diaryl/α,β-unsaturated/α-hetero) is 1. The largest absolute Gasteiger partial charge is 0.494 e. The lowest BCUT2D eigenvalue weighted by molar-refractivity contribution is -0.116. The molecule has 0 spiro atoms. The van der Waals surface area contributed by atoms with E-state index in [9.17, 15) is 4.79 Å². The molecule has 0 saturated carbocycles. The van der Waals surface area contributed by atoms with E-state index in [1.165, 1.54) is 21.9 Å². The Kier molecular flexibility index (Phi) is 4.16. The van der Waals surface area contributed by atoms with Crippen molar-refractivity contribution >= 4 is 27.8 Å². The van der Waals surface area contributed by atoms with Gasteiger partial charge in [0.05, 0.1) is 12.6 Å². The average molecular weight is 369 g/mol. The van der Waals surface area contributed by atoms with Crippen molar-refractivity contribution in [3.8, 4) is 5.75 Å². The van der Waals surface area contributed by atoms with Crippen LogP contribution in [0.25, 0.3) is 16.3 Å². The van der Waals surface area contributed by atoms with Gasteiger partial charge >= 0.3 is 0 Å². The zero-order valence-corrected chi connectivity index (χ0v) is 16.0. The van der Waals surface area contributed by atoms with Gasteiger partial charge in [-0.15, -0.1) is 0 Å². The number of carbonyl (C=O) groups is 1. The summed E-state index contributed by atoms with van der Waals surface area (Å²) in [6.45, 7) is 2.63. The lowest BCUT2D eigenvalue weighted by Crippen LogP contribution is -2.27. The lowest BCUT2D eigenvalue weighted by Gasteiger charge is -2.35. The number of allylic oxidation sites excluding steroid dienone is 1. The molecular formula is C25H23NO2. The fraction of sp³-hybridized carbons (Fsp3) is 0.240. The Labute approximate surface area is 165 Å². The van der Waals surface area contributed by atoms with Gasteiger partial charge in [0.1, 0.15) is 5.75 Å². The van der Waals surface area contributed by atoms with E-state index in [4.69, 9.17) is 4.74 Å². The predicted octanol–water partition coefficient (Wildman–Crippen LogP) is 5.91. The molecule has 0 unspecified atom stereocenters. The van der Waals surface area contributed by atoms with Crippen molar-refractivity contribution in [3.63, 3.8) is 0 Å². The molecule has 3 aromatic carbocycles. The second-order valence-corrected chi connectivity index (χ2v) is 7.46. The van der Waals surface area contributed by atoms with E-state index in [2.05, 4.69) is 53.8 Å². The maximum absolute atomic E-state index is 13.0. The third-order valence-corrected chi connectivity index (χ3v) is 5.80. The highest BCUT2D eigenvalue weighted by Crippen LogP contribution is 2.47. The predicted molar refractivity (Wildman–Crippen MR) is 114 cm³/mol. The Morgan fingerprint density at radius 2 is 1.82 bits per heavy atom. The van der Waals surface area contributed by atoms with E-state index in [0.29, 0.717) is 13.0 Å². The van der Waals surface area contributed by atoms with E-state index >= 15 is 0 Å². The van der Waals surface area contributed by atoms with Crippen LogP contribution < -0.4 is 10.1 Å². The van der Waals surface area contributed by atoms with Crippen LogP contribution in [0.3, 0.4) is 0 Å². The fourth-order valence-electron chi connectivity index (χ4n) is 4.58. The van der Waals surface area contributed by atoms with Crippen LogP contribution in [0.5, 0.6) is 5.75 Å². The number of carbonyl (C=O) groups excluding carboxylic acids is 1. The van der Waals surface area contributed by atoms with Crippen molar-refractivity contribution in [1.82, 2.24) is 0 Å². The molecule has 2 aliphatic rings. The minimum atomic E-state index is -0.105. The number of rotatable bonds is 3. The first-order valence-corrected chi connectivity index (χ1v) is 10.0. The monoisotopic (exact) mass is 369 g/mol. The van der Waals surface area contributed by atoms with E-state index in [-0.39, 0.29) is 11.8 Å². The molecule has 28 heavy (non-hydrogen) atoms. The summed E-state index contributed by atoms with van der Waals surface area (Å²) in [6, 6.07) is 20.8. The van der Waals surface area contributed by atoms with Gasteiger partial charge in [-0.3, -0.25) is 4.79 Å². The third kappa shape index (κ3) is 2.70. The van der Waals surface area contributed by atoms with Crippen LogP contribution in [-0.4, -0.2) is 12.4 Å². The quantitative estimate of drug-likeness (QED) is 0.623. The first-order valence-electron chi connectivity index (χ1n) is 10.0. The minimum absolute atomic E-state index is 0.105. The van der Waals surface area contributed by atoms with Crippen LogP contribution in [0, 0.1) is 0 Å². The Balaban J connectivity index is 1.68. The molecule has 0 aromatic heterocycles. The van der Waals surface area contributed by atoms with Crippen molar-refractivity contribution < 1.29 is 9.53 Å². The van der Waals surface area contributed by atoms with Crippen molar-refractivity contribution in [2.24, 2.45) is 0 Å². The molecule has 0 saturated heterocycles. The molecule has 3 aromatic rings. The summed E-state index contributed by atoms with van der Waals surface area (Å²) in [4.78, 5) is 13.0. The molecule has 3 heteroatoms. The number of nitrogens with one attached hydrogen (secondary N) is 1. The third-order valence-electron chi connectivity index (χ3n) is 5.80. The van der Waals surface area contributed by atoms with E-state index < -0.39 is 0 Å². The highest BCUT2D eigenvalue weighted by Gasteiger charge is 2.34. The molecule has 5 rings (SSSR count). The highest BCUT2D eigenvalue weighted by molar-refractivity contribution is 6.12. The van der Waals surface area contributed by atoms with Crippen LogP contribution in [0.15, 0.2) is 66.2 Å². The summed E-state index contributed by atoms with van der Waals surface area (Å²) in [5, 5.41) is 6.10. The maximum Gasteiger partial charge on any atom is 0.161 e. The first-order chi connectivity index (χ1) is 13.8. The Hall–Kier alpha value is -3.07. The number of benzene rings is 3. The smallest absolute Gasteiger partial charge is 0.161 e. The van der Waals surface area contributed by atoms with Crippen LogP contribution in [0.4, 0.5) is 5.69 Å². The average Bonchev–Trinajstić information content (AvgIpc) is 2.74. The topological polar surface area (TPSA) is 38.3 Å². The van der Waals surface area contributed by atoms with Crippen LogP contribution in [0.1, 0.15) is 43.4 Å². The Morgan fingerprint density at radius 3 is 2.64 bits per heavy atom. The van der Waals surface area contributed by atoms with Gasteiger partial charge in [0.25, 0.3) is 0 Å². The van der Waals surface area contributed by atoms with Gasteiger partial charge in [-0.05, 0) is 59.9 Å². The van der Waals surface area contributed by atoms with E-state index in [1.54, 1.807) is 0 Å². The summed E-state index contributed by atoms with van der Waals surface area (Å²) < 4.78 is 5.58.